The summed E-state index contributed by atoms with van der Waals surface area (Å²) < 4.78 is 53.1. The molecule has 3 aromatic rings. The molecule has 6 nitrogen and oxygen atoms in total. The monoisotopic (exact) mass is 376 g/mol. The highest BCUT2D eigenvalue weighted by atomic mass is 32.2. The molecule has 1 heterocycles. The number of sulfonamides is 1. The summed E-state index contributed by atoms with van der Waals surface area (Å²) in [4.78, 5) is -0.0470. The lowest BCUT2D eigenvalue weighted by atomic mass is 10.2. The van der Waals surface area contributed by atoms with Crippen LogP contribution in [0.5, 0.6) is 0 Å². The molecule has 9 heteroatoms. The van der Waals surface area contributed by atoms with Crippen molar-refractivity contribution >= 4 is 27.3 Å². The number of anilines is 3. The molecule has 3 rings (SSSR count). The van der Waals surface area contributed by atoms with E-state index in [0.29, 0.717) is 11.5 Å². The number of hydrogen-bond donors (Lipinski definition) is 2. The molecule has 0 atom stereocenters. The molecule has 26 heavy (non-hydrogen) atoms. The SMILES string of the molecule is Cc1cc(F)ccc1S(=O)(=O)Nc1ccc(Nc2ccc(F)cc2)nn1. The number of nitrogens with zero attached hydrogens (tertiary/aromatic N) is 2. The molecule has 0 unspecified atom stereocenters. The molecule has 0 aliphatic rings. The van der Waals surface area contributed by atoms with Gasteiger partial charge < -0.3 is 5.32 Å². The van der Waals surface area contributed by atoms with Gasteiger partial charge >= 0.3 is 0 Å². The maximum Gasteiger partial charge on any atom is 0.263 e. The molecular weight excluding hydrogens is 362 g/mol. The molecular formula is C17H14F2N4O2S. The quantitative estimate of drug-likeness (QED) is 0.711. The number of halogens is 2. The molecule has 0 saturated carbocycles. The Morgan fingerprint density at radius 2 is 1.46 bits per heavy atom. The van der Waals surface area contributed by atoms with Crippen molar-refractivity contribution in [3.05, 3.63) is 71.8 Å². The maximum atomic E-state index is 13.1. The van der Waals surface area contributed by atoms with E-state index in [-0.39, 0.29) is 22.1 Å². The number of nitrogens with one attached hydrogen (secondary N) is 2. The van der Waals surface area contributed by atoms with Crippen molar-refractivity contribution in [3.63, 3.8) is 0 Å². The first-order valence-electron chi connectivity index (χ1n) is 7.49. The minimum Gasteiger partial charge on any atom is -0.339 e. The lowest BCUT2D eigenvalue weighted by molar-refractivity contribution is 0.598. The summed E-state index contributed by atoms with van der Waals surface area (Å²) in [6, 6.07) is 12.0. The molecule has 2 aromatic carbocycles. The fourth-order valence-corrected chi connectivity index (χ4v) is 3.47. The third kappa shape index (κ3) is 4.12. The van der Waals surface area contributed by atoms with Crippen LogP contribution in [0, 0.1) is 18.6 Å². The first-order valence-corrected chi connectivity index (χ1v) is 8.97. The molecule has 0 bridgehead atoms. The summed E-state index contributed by atoms with van der Waals surface area (Å²) in [7, 11) is -3.92. The molecule has 134 valence electrons. The normalized spacial score (nSPS) is 11.2. The minimum absolute atomic E-state index is 0.0124. The molecule has 0 spiro atoms. The number of aromatic nitrogens is 2. The van der Waals surface area contributed by atoms with Crippen molar-refractivity contribution in [1.29, 1.82) is 0 Å². The van der Waals surface area contributed by atoms with Gasteiger partial charge in [-0.1, -0.05) is 0 Å². The summed E-state index contributed by atoms with van der Waals surface area (Å²) in [5, 5.41) is 10.6. The van der Waals surface area contributed by atoms with E-state index in [1.807, 2.05) is 0 Å². The van der Waals surface area contributed by atoms with Gasteiger partial charge in [-0.05, 0) is 67.1 Å². The molecule has 0 fully saturated rings. The van der Waals surface area contributed by atoms with Crippen molar-refractivity contribution in [2.24, 2.45) is 0 Å². The molecule has 1 aromatic heterocycles. The van der Waals surface area contributed by atoms with Crippen LogP contribution in [0.2, 0.25) is 0 Å². The summed E-state index contributed by atoms with van der Waals surface area (Å²) in [5.74, 6) is -0.504. The standard InChI is InChI=1S/C17H14F2N4O2S/c1-11-10-13(19)4-7-15(11)26(24,25)23-17-9-8-16(21-22-17)20-14-5-2-12(18)3-6-14/h2-10H,1H3,(H,20,21)(H,22,23). The van der Waals surface area contributed by atoms with E-state index in [1.54, 1.807) is 0 Å². The van der Waals surface area contributed by atoms with Gasteiger partial charge in [0, 0.05) is 5.69 Å². The van der Waals surface area contributed by atoms with Gasteiger partial charge in [0.05, 0.1) is 4.90 Å². The van der Waals surface area contributed by atoms with Crippen molar-refractivity contribution in [2.75, 3.05) is 10.0 Å². The summed E-state index contributed by atoms with van der Waals surface area (Å²) >= 11 is 0. The molecule has 2 N–H and O–H groups in total. The van der Waals surface area contributed by atoms with Crippen LogP contribution in [0.4, 0.5) is 26.1 Å². The van der Waals surface area contributed by atoms with Crippen LogP contribution < -0.4 is 10.0 Å². The highest BCUT2D eigenvalue weighted by molar-refractivity contribution is 7.92. The Balaban J connectivity index is 1.75. The minimum atomic E-state index is -3.92. The third-order valence-electron chi connectivity index (χ3n) is 3.45. The van der Waals surface area contributed by atoms with E-state index in [0.717, 1.165) is 12.1 Å². The van der Waals surface area contributed by atoms with E-state index in [4.69, 9.17) is 0 Å². The van der Waals surface area contributed by atoms with Crippen molar-refractivity contribution in [2.45, 2.75) is 11.8 Å². The van der Waals surface area contributed by atoms with Gasteiger partial charge in [-0.25, -0.2) is 17.2 Å². The molecule has 0 aliphatic heterocycles. The van der Waals surface area contributed by atoms with E-state index in [2.05, 4.69) is 20.2 Å². The summed E-state index contributed by atoms with van der Waals surface area (Å²) in [6.07, 6.45) is 0. The number of rotatable bonds is 5. The summed E-state index contributed by atoms with van der Waals surface area (Å²) in [6.45, 7) is 1.50. The molecule has 0 radical (unpaired) electrons. The zero-order valence-electron chi connectivity index (χ0n) is 13.6. The topological polar surface area (TPSA) is 84.0 Å². The Bertz CT molecular complexity index is 1020. The fourth-order valence-electron chi connectivity index (χ4n) is 2.24. The van der Waals surface area contributed by atoms with Gasteiger partial charge in [0.15, 0.2) is 11.6 Å². The molecule has 0 saturated heterocycles. The second kappa shape index (κ2) is 7.04. The van der Waals surface area contributed by atoms with Gasteiger partial charge in [0.1, 0.15) is 11.6 Å². The smallest absolute Gasteiger partial charge is 0.263 e. The van der Waals surface area contributed by atoms with Crippen LogP contribution in [-0.4, -0.2) is 18.6 Å². The second-order valence-corrected chi connectivity index (χ2v) is 7.10. The molecule has 0 aliphatic carbocycles. The van der Waals surface area contributed by atoms with Crippen LogP contribution in [0.3, 0.4) is 0 Å². The highest BCUT2D eigenvalue weighted by Crippen LogP contribution is 2.20. The Morgan fingerprint density at radius 3 is 2.08 bits per heavy atom. The highest BCUT2D eigenvalue weighted by Gasteiger charge is 2.18. The fraction of sp³-hybridized carbons (Fsp3) is 0.0588. The second-order valence-electron chi connectivity index (χ2n) is 5.45. The van der Waals surface area contributed by atoms with Gasteiger partial charge in [-0.15, -0.1) is 10.2 Å². The summed E-state index contributed by atoms with van der Waals surface area (Å²) in [5.41, 5.74) is 0.885. The first kappa shape index (κ1) is 17.7. The van der Waals surface area contributed by atoms with Gasteiger partial charge in [0.25, 0.3) is 10.0 Å². The number of benzene rings is 2. The average Bonchev–Trinajstić information content (AvgIpc) is 2.58. The van der Waals surface area contributed by atoms with Crippen LogP contribution >= 0.6 is 0 Å². The maximum absolute atomic E-state index is 13.1. The van der Waals surface area contributed by atoms with Crippen LogP contribution in [0.25, 0.3) is 0 Å². The average molecular weight is 376 g/mol. The van der Waals surface area contributed by atoms with Gasteiger partial charge in [-0.3, -0.25) is 4.72 Å². The Kier molecular flexibility index (Phi) is 4.81. The van der Waals surface area contributed by atoms with E-state index < -0.39 is 15.8 Å². The zero-order chi connectivity index (χ0) is 18.7. The van der Waals surface area contributed by atoms with E-state index in [1.165, 1.54) is 49.4 Å². The zero-order valence-corrected chi connectivity index (χ0v) is 14.4. The Hall–Kier alpha value is -3.07. The van der Waals surface area contributed by atoms with E-state index in [9.17, 15) is 17.2 Å². The number of hydrogen-bond acceptors (Lipinski definition) is 5. The van der Waals surface area contributed by atoms with Crippen molar-refractivity contribution in [3.8, 4) is 0 Å². The van der Waals surface area contributed by atoms with Gasteiger partial charge in [0.2, 0.25) is 0 Å². The predicted molar refractivity (Wildman–Crippen MR) is 93.7 cm³/mol. The van der Waals surface area contributed by atoms with Crippen molar-refractivity contribution < 1.29 is 17.2 Å². The van der Waals surface area contributed by atoms with E-state index >= 15 is 0 Å². The third-order valence-corrected chi connectivity index (χ3v) is 4.96. The lowest BCUT2D eigenvalue weighted by Gasteiger charge is -2.10. The largest absolute Gasteiger partial charge is 0.339 e. The van der Waals surface area contributed by atoms with Gasteiger partial charge in [-0.2, -0.15) is 0 Å². The van der Waals surface area contributed by atoms with Crippen LogP contribution in [-0.2, 0) is 10.0 Å². The van der Waals surface area contributed by atoms with Crippen molar-refractivity contribution in [1.82, 2.24) is 10.2 Å². The predicted octanol–water partition coefficient (Wildman–Crippen LogP) is 3.61. The molecule has 0 amide bonds. The van der Waals surface area contributed by atoms with Crippen LogP contribution in [0.15, 0.2) is 59.5 Å². The first-order chi connectivity index (χ1) is 12.3. The Labute approximate surface area is 149 Å². The number of aryl methyl sites for hydroxylation is 1. The van der Waals surface area contributed by atoms with Crippen LogP contribution in [0.1, 0.15) is 5.56 Å². The Morgan fingerprint density at radius 1 is 0.846 bits per heavy atom. The lowest BCUT2D eigenvalue weighted by Crippen LogP contribution is -2.15.